The maximum absolute atomic E-state index is 12.1. The molecule has 0 aromatic rings. The van der Waals surface area contributed by atoms with E-state index >= 15 is 0 Å². The number of halogens is 3. The summed E-state index contributed by atoms with van der Waals surface area (Å²) in [6.45, 7) is 1.38. The molecule has 0 rings (SSSR count). The number of carbonyl (C=O) groups is 1. The van der Waals surface area contributed by atoms with Crippen LogP contribution in [0.25, 0.3) is 0 Å². The molecule has 6 heteroatoms. The van der Waals surface area contributed by atoms with Crippen LogP contribution in [0.1, 0.15) is 6.92 Å². The van der Waals surface area contributed by atoms with Crippen molar-refractivity contribution in [2.45, 2.75) is 13.1 Å². The largest absolute Gasteiger partial charge is 0.462 e. The molecule has 0 aliphatic carbocycles. The SMILES string of the molecule is CCOC(=O)/C(=C/SC)C(F)(F)F. The Bertz CT molecular complexity index is 210. The van der Waals surface area contributed by atoms with Crippen molar-refractivity contribution < 1.29 is 22.7 Å². The quantitative estimate of drug-likeness (QED) is 0.533. The predicted molar refractivity (Wildman–Crippen MR) is 44.3 cm³/mol. The summed E-state index contributed by atoms with van der Waals surface area (Å²) < 4.78 is 40.5. The van der Waals surface area contributed by atoms with Gasteiger partial charge in [0.15, 0.2) is 0 Å². The first kappa shape index (κ1) is 12.3. The summed E-state index contributed by atoms with van der Waals surface area (Å²) in [6.07, 6.45) is -3.21. The van der Waals surface area contributed by atoms with Crippen LogP contribution in [0.5, 0.6) is 0 Å². The number of ether oxygens (including phenoxy) is 1. The van der Waals surface area contributed by atoms with Crippen molar-refractivity contribution in [3.63, 3.8) is 0 Å². The standard InChI is InChI=1S/C7H9F3O2S/c1-3-12-6(11)5(4-13-2)7(8,9)10/h4H,3H2,1-2H3/b5-4-. The molecular weight excluding hydrogens is 205 g/mol. The van der Waals surface area contributed by atoms with Gasteiger partial charge in [-0.05, 0) is 18.6 Å². The Morgan fingerprint density at radius 1 is 1.54 bits per heavy atom. The van der Waals surface area contributed by atoms with Crippen molar-refractivity contribution in [2.75, 3.05) is 12.9 Å². The molecule has 0 aliphatic heterocycles. The summed E-state index contributed by atoms with van der Waals surface area (Å²) in [5, 5.41) is 0.734. The second-order valence-corrected chi connectivity index (χ2v) is 2.69. The summed E-state index contributed by atoms with van der Waals surface area (Å²) in [5.74, 6) is -1.33. The van der Waals surface area contributed by atoms with Crippen molar-refractivity contribution in [3.05, 3.63) is 11.0 Å². The Labute approximate surface area is 78.1 Å². The van der Waals surface area contributed by atoms with Crippen LogP contribution in [-0.2, 0) is 9.53 Å². The van der Waals surface area contributed by atoms with Crippen LogP contribution in [0.3, 0.4) is 0 Å². The maximum Gasteiger partial charge on any atom is 0.423 e. The minimum Gasteiger partial charge on any atom is -0.462 e. The maximum atomic E-state index is 12.1. The van der Waals surface area contributed by atoms with Crippen LogP contribution in [-0.4, -0.2) is 25.0 Å². The molecule has 76 valence electrons. The van der Waals surface area contributed by atoms with Gasteiger partial charge in [-0.3, -0.25) is 0 Å². The lowest BCUT2D eigenvalue weighted by Gasteiger charge is -2.09. The number of thioether (sulfide) groups is 1. The molecule has 0 spiro atoms. The van der Waals surface area contributed by atoms with Crippen LogP contribution in [0.15, 0.2) is 11.0 Å². The van der Waals surface area contributed by atoms with E-state index in [-0.39, 0.29) is 6.61 Å². The van der Waals surface area contributed by atoms with Crippen LogP contribution < -0.4 is 0 Å². The minimum atomic E-state index is -4.64. The van der Waals surface area contributed by atoms with Gasteiger partial charge in [0.2, 0.25) is 0 Å². The Morgan fingerprint density at radius 2 is 2.08 bits per heavy atom. The third kappa shape index (κ3) is 4.21. The Balaban J connectivity index is 4.63. The molecule has 0 radical (unpaired) electrons. The molecule has 0 N–H and O–H groups in total. The molecule has 0 bridgehead atoms. The summed E-state index contributed by atoms with van der Waals surface area (Å²) in [5.41, 5.74) is -1.26. The molecule has 0 aromatic heterocycles. The van der Waals surface area contributed by atoms with Crippen molar-refractivity contribution >= 4 is 17.7 Å². The average Bonchev–Trinajstić information content (AvgIpc) is 1.98. The zero-order chi connectivity index (χ0) is 10.5. The minimum absolute atomic E-state index is 0.0688. The zero-order valence-corrected chi connectivity index (χ0v) is 7.96. The highest BCUT2D eigenvalue weighted by Crippen LogP contribution is 2.28. The Hall–Kier alpha value is -0.650. The summed E-state index contributed by atoms with van der Waals surface area (Å²) in [4.78, 5) is 10.8. The fraction of sp³-hybridized carbons (Fsp3) is 0.571. The van der Waals surface area contributed by atoms with Crippen molar-refractivity contribution in [3.8, 4) is 0 Å². The van der Waals surface area contributed by atoms with Crippen molar-refractivity contribution in [1.82, 2.24) is 0 Å². The smallest absolute Gasteiger partial charge is 0.423 e. The van der Waals surface area contributed by atoms with Gasteiger partial charge in [-0.25, -0.2) is 4.79 Å². The van der Waals surface area contributed by atoms with E-state index in [4.69, 9.17) is 0 Å². The van der Waals surface area contributed by atoms with Gasteiger partial charge in [0.25, 0.3) is 0 Å². The predicted octanol–water partition coefficient (Wildman–Crippen LogP) is 2.36. The normalized spacial score (nSPS) is 12.8. The summed E-state index contributed by atoms with van der Waals surface area (Å²) in [7, 11) is 0. The van der Waals surface area contributed by atoms with E-state index in [0.717, 1.165) is 17.2 Å². The van der Waals surface area contributed by atoms with Gasteiger partial charge in [-0.2, -0.15) is 13.2 Å². The van der Waals surface area contributed by atoms with E-state index in [9.17, 15) is 18.0 Å². The second kappa shape index (κ2) is 5.16. The number of hydrogen-bond donors (Lipinski definition) is 0. The molecule has 0 amide bonds. The average molecular weight is 214 g/mol. The van der Waals surface area contributed by atoms with Gasteiger partial charge in [0.1, 0.15) is 5.57 Å². The van der Waals surface area contributed by atoms with Gasteiger partial charge in [-0.1, -0.05) is 0 Å². The topological polar surface area (TPSA) is 26.3 Å². The molecule has 0 unspecified atom stereocenters. The lowest BCUT2D eigenvalue weighted by atomic mass is 10.3. The fourth-order valence-corrected chi connectivity index (χ4v) is 1.02. The van der Waals surface area contributed by atoms with Gasteiger partial charge in [0.05, 0.1) is 6.61 Å². The zero-order valence-electron chi connectivity index (χ0n) is 7.14. The Morgan fingerprint density at radius 3 is 2.38 bits per heavy atom. The van der Waals surface area contributed by atoms with Gasteiger partial charge in [-0.15, -0.1) is 11.8 Å². The van der Waals surface area contributed by atoms with Gasteiger partial charge in [0, 0.05) is 0 Å². The third-order valence-corrected chi connectivity index (χ3v) is 1.51. The number of rotatable bonds is 3. The Kier molecular flexibility index (Phi) is 4.90. The number of esters is 1. The highest BCUT2D eigenvalue weighted by Gasteiger charge is 2.39. The lowest BCUT2D eigenvalue weighted by Crippen LogP contribution is -2.21. The third-order valence-electron chi connectivity index (χ3n) is 1.04. The van der Waals surface area contributed by atoms with E-state index in [1.807, 2.05) is 0 Å². The molecule has 13 heavy (non-hydrogen) atoms. The van der Waals surface area contributed by atoms with Crippen molar-refractivity contribution in [1.29, 1.82) is 0 Å². The van der Waals surface area contributed by atoms with Gasteiger partial charge < -0.3 is 4.74 Å². The van der Waals surface area contributed by atoms with E-state index < -0.39 is 17.7 Å². The highest BCUT2D eigenvalue weighted by molar-refractivity contribution is 8.01. The number of alkyl halides is 3. The summed E-state index contributed by atoms with van der Waals surface area (Å²) >= 11 is 0.808. The molecule has 0 aromatic carbocycles. The fourth-order valence-electron chi connectivity index (χ4n) is 0.557. The summed E-state index contributed by atoms with van der Waals surface area (Å²) in [6, 6.07) is 0. The first-order valence-electron chi connectivity index (χ1n) is 3.40. The molecule has 0 heterocycles. The first-order chi connectivity index (χ1) is 5.93. The van der Waals surface area contributed by atoms with Crippen molar-refractivity contribution in [2.24, 2.45) is 0 Å². The number of carbonyl (C=O) groups excluding carboxylic acids is 1. The molecule has 0 atom stereocenters. The van der Waals surface area contributed by atoms with Crippen LogP contribution >= 0.6 is 11.8 Å². The number of hydrogen-bond acceptors (Lipinski definition) is 3. The highest BCUT2D eigenvalue weighted by atomic mass is 32.2. The molecular formula is C7H9F3O2S. The van der Waals surface area contributed by atoms with E-state index in [2.05, 4.69) is 4.74 Å². The molecule has 0 aliphatic rings. The van der Waals surface area contributed by atoms with E-state index in [1.54, 1.807) is 0 Å². The van der Waals surface area contributed by atoms with Crippen LogP contribution in [0, 0.1) is 0 Å². The molecule has 0 saturated carbocycles. The lowest BCUT2D eigenvalue weighted by molar-refractivity contribution is -0.150. The van der Waals surface area contributed by atoms with E-state index in [0.29, 0.717) is 0 Å². The first-order valence-corrected chi connectivity index (χ1v) is 4.69. The van der Waals surface area contributed by atoms with Crippen LogP contribution in [0.4, 0.5) is 13.2 Å². The molecule has 0 saturated heterocycles. The molecule has 0 fully saturated rings. The van der Waals surface area contributed by atoms with Crippen LogP contribution in [0.2, 0.25) is 0 Å². The van der Waals surface area contributed by atoms with Gasteiger partial charge >= 0.3 is 12.1 Å². The van der Waals surface area contributed by atoms with E-state index in [1.165, 1.54) is 13.2 Å². The second-order valence-electron chi connectivity index (χ2n) is 1.99. The monoisotopic (exact) mass is 214 g/mol. The molecule has 2 nitrogen and oxygen atoms in total.